The fraction of sp³-hybridized carbons (Fsp3) is 0.625. The van der Waals surface area contributed by atoms with Crippen molar-refractivity contribution in [2.75, 3.05) is 6.54 Å². The molecule has 0 saturated carbocycles. The van der Waals surface area contributed by atoms with Crippen LogP contribution < -0.4 is 5.32 Å². The SMILES string of the molecule is CCCCCCCN[C@H](C)c1ccc(C)cc1. The zero-order chi connectivity index (χ0) is 12.5. The van der Waals surface area contributed by atoms with E-state index in [1.807, 2.05) is 0 Å². The summed E-state index contributed by atoms with van der Waals surface area (Å²) in [6.45, 7) is 7.78. The van der Waals surface area contributed by atoms with Crippen molar-refractivity contribution < 1.29 is 0 Å². The number of hydrogen-bond acceptors (Lipinski definition) is 1. The van der Waals surface area contributed by atoms with Gasteiger partial charge >= 0.3 is 0 Å². The molecule has 0 fully saturated rings. The van der Waals surface area contributed by atoms with Crippen LogP contribution in [0, 0.1) is 6.92 Å². The van der Waals surface area contributed by atoms with Crippen LogP contribution in [-0.2, 0) is 0 Å². The fourth-order valence-corrected chi connectivity index (χ4v) is 2.02. The number of unbranched alkanes of at least 4 members (excludes halogenated alkanes) is 4. The maximum atomic E-state index is 3.60. The van der Waals surface area contributed by atoms with Crippen LogP contribution in [-0.4, -0.2) is 6.54 Å². The summed E-state index contributed by atoms with van der Waals surface area (Å²) in [6, 6.07) is 9.30. The van der Waals surface area contributed by atoms with Crippen molar-refractivity contribution >= 4 is 0 Å². The lowest BCUT2D eigenvalue weighted by Crippen LogP contribution is -2.19. The number of rotatable bonds is 8. The van der Waals surface area contributed by atoms with Gasteiger partial charge in [-0.15, -0.1) is 0 Å². The Morgan fingerprint density at radius 3 is 2.29 bits per heavy atom. The Morgan fingerprint density at radius 1 is 1.00 bits per heavy atom. The smallest absolute Gasteiger partial charge is 0.0291 e. The van der Waals surface area contributed by atoms with Gasteiger partial charge in [-0.05, 0) is 32.4 Å². The van der Waals surface area contributed by atoms with Crippen molar-refractivity contribution in [3.05, 3.63) is 35.4 Å². The van der Waals surface area contributed by atoms with Gasteiger partial charge in [0, 0.05) is 6.04 Å². The molecule has 0 bridgehead atoms. The molecule has 0 amide bonds. The lowest BCUT2D eigenvalue weighted by molar-refractivity contribution is 0.531. The molecule has 0 unspecified atom stereocenters. The van der Waals surface area contributed by atoms with Crippen molar-refractivity contribution in [2.45, 2.75) is 58.9 Å². The topological polar surface area (TPSA) is 12.0 Å². The lowest BCUT2D eigenvalue weighted by Gasteiger charge is -2.14. The molecule has 0 aliphatic rings. The minimum Gasteiger partial charge on any atom is -0.310 e. The van der Waals surface area contributed by atoms with Crippen LogP contribution in [0.2, 0.25) is 0 Å². The van der Waals surface area contributed by atoms with Crippen LogP contribution in [0.1, 0.15) is 63.1 Å². The average molecular weight is 233 g/mol. The van der Waals surface area contributed by atoms with E-state index >= 15 is 0 Å². The molecule has 17 heavy (non-hydrogen) atoms. The largest absolute Gasteiger partial charge is 0.310 e. The van der Waals surface area contributed by atoms with E-state index < -0.39 is 0 Å². The van der Waals surface area contributed by atoms with E-state index in [-0.39, 0.29) is 0 Å². The standard InChI is InChI=1S/C16H27N/c1-4-5-6-7-8-13-17-15(3)16-11-9-14(2)10-12-16/h9-12,15,17H,4-8,13H2,1-3H3/t15-/m1/s1. The van der Waals surface area contributed by atoms with Crippen LogP contribution in [0.4, 0.5) is 0 Å². The average Bonchev–Trinajstić information content (AvgIpc) is 2.34. The Bertz CT molecular complexity index is 289. The maximum Gasteiger partial charge on any atom is 0.0291 e. The van der Waals surface area contributed by atoms with Gasteiger partial charge in [-0.2, -0.15) is 0 Å². The molecular weight excluding hydrogens is 206 g/mol. The summed E-state index contributed by atoms with van der Waals surface area (Å²) in [4.78, 5) is 0. The highest BCUT2D eigenvalue weighted by atomic mass is 14.9. The Hall–Kier alpha value is -0.820. The van der Waals surface area contributed by atoms with Crippen molar-refractivity contribution in [1.82, 2.24) is 5.32 Å². The Labute approximate surface area is 107 Å². The molecule has 1 atom stereocenters. The predicted molar refractivity (Wildman–Crippen MR) is 76.4 cm³/mol. The van der Waals surface area contributed by atoms with E-state index in [4.69, 9.17) is 0 Å². The van der Waals surface area contributed by atoms with E-state index in [9.17, 15) is 0 Å². The van der Waals surface area contributed by atoms with Crippen LogP contribution in [0.3, 0.4) is 0 Å². The molecule has 0 radical (unpaired) electrons. The van der Waals surface area contributed by atoms with Crippen molar-refractivity contribution in [2.24, 2.45) is 0 Å². The van der Waals surface area contributed by atoms with Crippen LogP contribution >= 0.6 is 0 Å². The summed E-state index contributed by atoms with van der Waals surface area (Å²) in [5, 5.41) is 3.60. The highest BCUT2D eigenvalue weighted by Crippen LogP contribution is 2.13. The van der Waals surface area contributed by atoms with Gasteiger partial charge in [-0.25, -0.2) is 0 Å². The predicted octanol–water partition coefficient (Wildman–Crippen LogP) is 4.62. The summed E-state index contributed by atoms with van der Waals surface area (Å²) in [7, 11) is 0. The van der Waals surface area contributed by atoms with Gasteiger partial charge in [-0.1, -0.05) is 62.4 Å². The summed E-state index contributed by atoms with van der Waals surface area (Å²) in [5.41, 5.74) is 2.73. The third-order valence-electron chi connectivity index (χ3n) is 3.31. The normalized spacial score (nSPS) is 12.6. The maximum absolute atomic E-state index is 3.60. The summed E-state index contributed by atoms with van der Waals surface area (Å²) >= 11 is 0. The highest BCUT2D eigenvalue weighted by molar-refractivity contribution is 5.23. The fourth-order valence-electron chi connectivity index (χ4n) is 2.02. The van der Waals surface area contributed by atoms with Crippen LogP contribution in [0.25, 0.3) is 0 Å². The number of benzene rings is 1. The molecule has 1 aromatic carbocycles. The lowest BCUT2D eigenvalue weighted by atomic mass is 10.1. The minimum absolute atomic E-state index is 0.474. The van der Waals surface area contributed by atoms with Gasteiger partial charge in [0.2, 0.25) is 0 Å². The second-order valence-corrected chi connectivity index (χ2v) is 5.00. The second-order valence-electron chi connectivity index (χ2n) is 5.00. The van der Waals surface area contributed by atoms with Crippen molar-refractivity contribution in [1.29, 1.82) is 0 Å². The first-order valence-electron chi connectivity index (χ1n) is 7.04. The zero-order valence-electron chi connectivity index (χ0n) is 11.6. The molecule has 0 saturated heterocycles. The summed E-state index contributed by atoms with van der Waals surface area (Å²) in [5.74, 6) is 0. The van der Waals surface area contributed by atoms with Gasteiger partial charge in [0.25, 0.3) is 0 Å². The Morgan fingerprint density at radius 2 is 1.65 bits per heavy atom. The molecule has 1 heteroatoms. The highest BCUT2D eigenvalue weighted by Gasteiger charge is 2.03. The molecule has 0 heterocycles. The monoisotopic (exact) mass is 233 g/mol. The van der Waals surface area contributed by atoms with Crippen LogP contribution in [0.15, 0.2) is 24.3 Å². The van der Waals surface area contributed by atoms with Gasteiger partial charge < -0.3 is 5.32 Å². The molecule has 0 aliphatic carbocycles. The first kappa shape index (κ1) is 14.2. The number of aryl methyl sites for hydroxylation is 1. The second kappa shape index (κ2) is 8.30. The Balaban J connectivity index is 2.16. The van der Waals surface area contributed by atoms with Gasteiger partial charge in [0.05, 0.1) is 0 Å². The molecule has 0 aliphatic heterocycles. The third-order valence-corrected chi connectivity index (χ3v) is 3.31. The molecule has 0 spiro atoms. The molecular formula is C16H27N. The van der Waals surface area contributed by atoms with Gasteiger partial charge in [0.1, 0.15) is 0 Å². The van der Waals surface area contributed by atoms with Gasteiger partial charge in [0.15, 0.2) is 0 Å². The van der Waals surface area contributed by atoms with E-state index in [0.717, 1.165) is 6.54 Å². The third kappa shape index (κ3) is 5.88. The molecule has 0 aromatic heterocycles. The molecule has 1 nitrogen and oxygen atoms in total. The quantitative estimate of drug-likeness (QED) is 0.646. The van der Waals surface area contributed by atoms with Crippen LogP contribution in [0.5, 0.6) is 0 Å². The van der Waals surface area contributed by atoms with Crippen molar-refractivity contribution in [3.8, 4) is 0 Å². The number of hydrogen-bond donors (Lipinski definition) is 1. The molecule has 1 aromatic rings. The first-order chi connectivity index (χ1) is 8.24. The molecule has 1 rings (SSSR count). The van der Waals surface area contributed by atoms with E-state index in [2.05, 4.69) is 50.4 Å². The van der Waals surface area contributed by atoms with Crippen molar-refractivity contribution in [3.63, 3.8) is 0 Å². The Kier molecular flexibility index (Phi) is 6.95. The van der Waals surface area contributed by atoms with E-state index in [1.165, 1.54) is 43.2 Å². The van der Waals surface area contributed by atoms with Gasteiger partial charge in [-0.3, -0.25) is 0 Å². The summed E-state index contributed by atoms with van der Waals surface area (Å²) in [6.07, 6.45) is 6.76. The van der Waals surface area contributed by atoms with E-state index in [0.29, 0.717) is 6.04 Å². The molecule has 96 valence electrons. The zero-order valence-corrected chi connectivity index (χ0v) is 11.6. The molecule has 1 N–H and O–H groups in total. The van der Waals surface area contributed by atoms with E-state index in [1.54, 1.807) is 0 Å². The first-order valence-corrected chi connectivity index (χ1v) is 7.04. The number of nitrogens with one attached hydrogen (secondary N) is 1. The summed E-state index contributed by atoms with van der Waals surface area (Å²) < 4.78 is 0. The minimum atomic E-state index is 0.474.